The summed E-state index contributed by atoms with van der Waals surface area (Å²) in [6.45, 7) is 4.40. The van der Waals surface area contributed by atoms with Gasteiger partial charge >= 0.3 is 0 Å². The number of methoxy groups -OCH3 is 1. The largest absolute Gasteiger partial charge is 0.496 e. The van der Waals surface area contributed by atoms with E-state index >= 15 is 0 Å². The van der Waals surface area contributed by atoms with Gasteiger partial charge in [0.15, 0.2) is 0 Å². The second-order valence-corrected chi connectivity index (χ2v) is 5.29. The topological polar surface area (TPSA) is 29.5 Å². The highest BCUT2D eigenvalue weighted by Gasteiger charge is 2.24. The lowest BCUT2D eigenvalue weighted by Gasteiger charge is -2.27. The first-order valence-corrected chi connectivity index (χ1v) is 6.35. The summed E-state index contributed by atoms with van der Waals surface area (Å²) >= 11 is 6.00. The summed E-state index contributed by atoms with van der Waals surface area (Å²) < 4.78 is 5.33. The van der Waals surface area contributed by atoms with Crippen LogP contribution in [-0.2, 0) is 6.42 Å². The molecule has 1 aromatic carbocycles. The number of halogens is 1. The second-order valence-electron chi connectivity index (χ2n) is 4.85. The van der Waals surface area contributed by atoms with Gasteiger partial charge in [0.1, 0.15) is 5.75 Å². The van der Waals surface area contributed by atoms with Crippen molar-refractivity contribution in [2.24, 2.45) is 5.41 Å². The van der Waals surface area contributed by atoms with Crippen molar-refractivity contribution < 1.29 is 9.84 Å². The summed E-state index contributed by atoms with van der Waals surface area (Å²) in [5.74, 6) is 0.838. The SMILES string of the molecule is CCCC(C)(CO)Cc1cc(Cl)ccc1OC. The number of ether oxygens (including phenoxy) is 1. The molecule has 17 heavy (non-hydrogen) atoms. The fourth-order valence-corrected chi connectivity index (χ4v) is 2.37. The molecule has 1 atom stereocenters. The molecule has 0 saturated carbocycles. The summed E-state index contributed by atoms with van der Waals surface area (Å²) in [4.78, 5) is 0. The Bertz CT molecular complexity index is 365. The molecule has 0 aliphatic heterocycles. The van der Waals surface area contributed by atoms with Crippen LogP contribution in [0.25, 0.3) is 0 Å². The first-order chi connectivity index (χ1) is 8.04. The van der Waals surface area contributed by atoms with Crippen molar-refractivity contribution in [2.75, 3.05) is 13.7 Å². The van der Waals surface area contributed by atoms with Gasteiger partial charge in [0.2, 0.25) is 0 Å². The van der Waals surface area contributed by atoms with E-state index in [-0.39, 0.29) is 12.0 Å². The fourth-order valence-electron chi connectivity index (χ4n) is 2.17. The average molecular weight is 257 g/mol. The van der Waals surface area contributed by atoms with Crippen LogP contribution < -0.4 is 4.74 Å². The van der Waals surface area contributed by atoms with Crippen LogP contribution in [0.5, 0.6) is 5.75 Å². The minimum absolute atomic E-state index is 0.104. The van der Waals surface area contributed by atoms with Crippen LogP contribution >= 0.6 is 11.6 Å². The summed E-state index contributed by atoms with van der Waals surface area (Å²) in [6.07, 6.45) is 2.82. The van der Waals surface area contributed by atoms with Crippen LogP contribution in [0, 0.1) is 5.41 Å². The quantitative estimate of drug-likeness (QED) is 0.841. The van der Waals surface area contributed by atoms with E-state index in [0.29, 0.717) is 5.02 Å². The number of hydrogen-bond acceptors (Lipinski definition) is 2. The molecule has 0 radical (unpaired) electrons. The molecule has 0 heterocycles. The van der Waals surface area contributed by atoms with Crippen molar-refractivity contribution in [1.82, 2.24) is 0 Å². The molecule has 0 spiro atoms. The van der Waals surface area contributed by atoms with E-state index in [1.165, 1.54) is 0 Å². The summed E-state index contributed by atoms with van der Waals surface area (Å²) in [7, 11) is 1.66. The van der Waals surface area contributed by atoms with Crippen LogP contribution in [0.1, 0.15) is 32.3 Å². The highest BCUT2D eigenvalue weighted by atomic mass is 35.5. The predicted molar refractivity (Wildman–Crippen MR) is 71.8 cm³/mol. The Morgan fingerprint density at radius 3 is 2.65 bits per heavy atom. The van der Waals surface area contributed by atoms with E-state index < -0.39 is 0 Å². The van der Waals surface area contributed by atoms with E-state index in [0.717, 1.165) is 30.6 Å². The Kier molecular flexibility index (Phi) is 5.29. The predicted octanol–water partition coefficient (Wildman–Crippen LogP) is 3.69. The van der Waals surface area contributed by atoms with Gasteiger partial charge in [-0.3, -0.25) is 0 Å². The minimum Gasteiger partial charge on any atom is -0.496 e. The first kappa shape index (κ1) is 14.3. The van der Waals surface area contributed by atoms with Crippen LogP contribution in [0.3, 0.4) is 0 Å². The van der Waals surface area contributed by atoms with E-state index in [9.17, 15) is 5.11 Å². The first-order valence-electron chi connectivity index (χ1n) is 5.98. The second kappa shape index (κ2) is 6.27. The third-order valence-corrected chi connectivity index (χ3v) is 3.33. The number of benzene rings is 1. The van der Waals surface area contributed by atoms with Crippen LogP contribution in [-0.4, -0.2) is 18.8 Å². The molecule has 1 N–H and O–H groups in total. The molecule has 96 valence electrons. The van der Waals surface area contributed by atoms with Crippen molar-refractivity contribution in [3.8, 4) is 5.75 Å². The van der Waals surface area contributed by atoms with Crippen LogP contribution in [0.2, 0.25) is 5.02 Å². The number of rotatable bonds is 6. The van der Waals surface area contributed by atoms with E-state index in [1.54, 1.807) is 7.11 Å². The maximum Gasteiger partial charge on any atom is 0.122 e. The zero-order chi connectivity index (χ0) is 12.9. The lowest BCUT2D eigenvalue weighted by Crippen LogP contribution is -2.24. The molecule has 2 nitrogen and oxygen atoms in total. The molecule has 0 aliphatic carbocycles. The van der Waals surface area contributed by atoms with Crippen molar-refractivity contribution in [2.45, 2.75) is 33.1 Å². The average Bonchev–Trinajstić information content (AvgIpc) is 2.29. The third-order valence-electron chi connectivity index (χ3n) is 3.09. The van der Waals surface area contributed by atoms with Gasteiger partial charge in [-0.05, 0) is 42.0 Å². The number of aliphatic hydroxyl groups excluding tert-OH is 1. The monoisotopic (exact) mass is 256 g/mol. The van der Waals surface area contributed by atoms with Gasteiger partial charge in [0.25, 0.3) is 0 Å². The highest BCUT2D eigenvalue weighted by molar-refractivity contribution is 6.30. The van der Waals surface area contributed by atoms with Crippen LogP contribution in [0.15, 0.2) is 18.2 Å². The lowest BCUT2D eigenvalue weighted by atomic mass is 9.80. The zero-order valence-electron chi connectivity index (χ0n) is 10.8. The maximum atomic E-state index is 9.54. The molecule has 0 amide bonds. The van der Waals surface area contributed by atoms with Gasteiger partial charge in [-0.1, -0.05) is 31.9 Å². The smallest absolute Gasteiger partial charge is 0.122 e. The van der Waals surface area contributed by atoms with Gasteiger partial charge in [0, 0.05) is 11.6 Å². The molecule has 0 aromatic heterocycles. The van der Waals surface area contributed by atoms with Crippen molar-refractivity contribution >= 4 is 11.6 Å². The van der Waals surface area contributed by atoms with Crippen molar-refractivity contribution in [3.63, 3.8) is 0 Å². The Balaban J connectivity index is 2.95. The van der Waals surface area contributed by atoms with E-state index in [2.05, 4.69) is 13.8 Å². The highest BCUT2D eigenvalue weighted by Crippen LogP contribution is 2.33. The summed E-state index contributed by atoms with van der Waals surface area (Å²) in [6, 6.07) is 5.62. The van der Waals surface area contributed by atoms with E-state index in [1.807, 2.05) is 18.2 Å². The molecule has 0 saturated heterocycles. The molecule has 1 rings (SSSR count). The van der Waals surface area contributed by atoms with Gasteiger partial charge in [-0.2, -0.15) is 0 Å². The maximum absolute atomic E-state index is 9.54. The Morgan fingerprint density at radius 2 is 2.12 bits per heavy atom. The van der Waals surface area contributed by atoms with Gasteiger partial charge < -0.3 is 9.84 Å². The summed E-state index contributed by atoms with van der Waals surface area (Å²) in [5, 5.41) is 10.2. The Morgan fingerprint density at radius 1 is 1.41 bits per heavy atom. The van der Waals surface area contributed by atoms with Crippen molar-refractivity contribution in [3.05, 3.63) is 28.8 Å². The third kappa shape index (κ3) is 3.90. The molecule has 0 fully saturated rings. The molecule has 0 bridgehead atoms. The summed E-state index contributed by atoms with van der Waals surface area (Å²) in [5.41, 5.74) is 0.956. The molecular weight excluding hydrogens is 236 g/mol. The van der Waals surface area contributed by atoms with Gasteiger partial charge in [-0.25, -0.2) is 0 Å². The lowest BCUT2D eigenvalue weighted by molar-refractivity contribution is 0.131. The Hall–Kier alpha value is -0.730. The van der Waals surface area contributed by atoms with Gasteiger partial charge in [0.05, 0.1) is 7.11 Å². The van der Waals surface area contributed by atoms with E-state index in [4.69, 9.17) is 16.3 Å². The zero-order valence-corrected chi connectivity index (χ0v) is 11.5. The Labute approximate surface area is 109 Å². The number of hydrogen-bond donors (Lipinski definition) is 1. The molecule has 3 heteroatoms. The van der Waals surface area contributed by atoms with Gasteiger partial charge in [-0.15, -0.1) is 0 Å². The molecular formula is C14H21ClO2. The van der Waals surface area contributed by atoms with Crippen LogP contribution in [0.4, 0.5) is 0 Å². The standard InChI is InChI=1S/C14H21ClO2/c1-4-7-14(2,10-16)9-11-8-12(15)5-6-13(11)17-3/h5-6,8,16H,4,7,9-10H2,1-3H3. The molecule has 1 unspecified atom stereocenters. The van der Waals surface area contributed by atoms with Crippen molar-refractivity contribution in [1.29, 1.82) is 0 Å². The number of aliphatic hydroxyl groups is 1. The minimum atomic E-state index is -0.104. The fraction of sp³-hybridized carbons (Fsp3) is 0.571. The molecule has 1 aromatic rings. The molecule has 0 aliphatic rings. The normalized spacial score (nSPS) is 14.4.